The second-order valence-electron chi connectivity index (χ2n) is 4.71. The van der Waals surface area contributed by atoms with Gasteiger partial charge in [-0.1, -0.05) is 0 Å². The molecule has 0 aliphatic carbocycles. The molecule has 1 aliphatic rings. The van der Waals surface area contributed by atoms with Gasteiger partial charge < -0.3 is 14.6 Å². The Hall–Kier alpha value is -1.40. The lowest BCUT2D eigenvalue weighted by Crippen LogP contribution is -2.44. The molecule has 0 bridgehead atoms. The summed E-state index contributed by atoms with van der Waals surface area (Å²) in [5.41, 5.74) is 0.140. The van der Waals surface area contributed by atoms with Crippen LogP contribution < -0.4 is 0 Å². The zero-order chi connectivity index (χ0) is 13.1. The topological polar surface area (TPSA) is 61.6 Å². The number of piperazine rings is 1. The number of likely N-dealkylation sites (N-methyl/N-ethyl adjacent to an activating group) is 1. The smallest absolute Gasteiger partial charge is 0.356 e. The average molecular weight is 252 g/mol. The van der Waals surface area contributed by atoms with Gasteiger partial charge in [0.2, 0.25) is 0 Å². The summed E-state index contributed by atoms with van der Waals surface area (Å²) in [5, 5.41) is 8.96. The number of hydrogen-bond acceptors (Lipinski definition) is 4. The van der Waals surface area contributed by atoms with E-state index in [9.17, 15) is 4.79 Å². The lowest BCUT2D eigenvalue weighted by atomic mass is 10.3. The molecule has 0 radical (unpaired) electrons. The highest BCUT2D eigenvalue weighted by Gasteiger charge is 2.18. The van der Waals surface area contributed by atoms with Crippen molar-refractivity contribution in [2.75, 3.05) is 33.2 Å². The summed E-state index contributed by atoms with van der Waals surface area (Å²) in [7, 11) is 2.12. The van der Waals surface area contributed by atoms with E-state index in [2.05, 4.69) is 21.8 Å². The molecule has 1 aromatic rings. The Morgan fingerprint density at radius 3 is 2.61 bits per heavy atom. The summed E-state index contributed by atoms with van der Waals surface area (Å²) in [6.45, 7) is 7.61. The number of carboxylic acids is 1. The molecule has 100 valence electrons. The first-order chi connectivity index (χ1) is 8.60. The van der Waals surface area contributed by atoms with E-state index in [1.807, 2.05) is 11.5 Å². The van der Waals surface area contributed by atoms with Crippen molar-refractivity contribution in [3.63, 3.8) is 0 Å². The Kier molecular flexibility index (Phi) is 3.98. The van der Waals surface area contributed by atoms with E-state index in [0.29, 0.717) is 0 Å². The van der Waals surface area contributed by atoms with Crippen LogP contribution in [0.5, 0.6) is 0 Å². The maximum Gasteiger partial charge on any atom is 0.356 e. The Balaban J connectivity index is 2.06. The molecule has 0 amide bonds. The normalized spacial score (nSPS) is 18.1. The van der Waals surface area contributed by atoms with Gasteiger partial charge >= 0.3 is 5.97 Å². The highest BCUT2D eigenvalue weighted by Crippen LogP contribution is 2.09. The van der Waals surface area contributed by atoms with E-state index < -0.39 is 5.97 Å². The number of aromatic carboxylic acids is 1. The molecule has 0 unspecified atom stereocenters. The summed E-state index contributed by atoms with van der Waals surface area (Å²) < 4.78 is 1.92. The summed E-state index contributed by atoms with van der Waals surface area (Å²) in [5.74, 6) is -0.110. The van der Waals surface area contributed by atoms with Crippen molar-refractivity contribution in [2.24, 2.45) is 0 Å². The molecule has 0 aromatic carbocycles. The minimum Gasteiger partial charge on any atom is -0.476 e. The van der Waals surface area contributed by atoms with Gasteiger partial charge in [0.05, 0.1) is 6.54 Å². The van der Waals surface area contributed by atoms with Gasteiger partial charge in [-0.05, 0) is 14.0 Å². The van der Waals surface area contributed by atoms with Gasteiger partial charge in [0, 0.05) is 38.9 Å². The van der Waals surface area contributed by atoms with Gasteiger partial charge in [0.1, 0.15) is 5.82 Å². The summed E-state index contributed by atoms with van der Waals surface area (Å²) in [6, 6.07) is 0. The Morgan fingerprint density at radius 1 is 1.39 bits per heavy atom. The molecule has 1 saturated heterocycles. The van der Waals surface area contributed by atoms with Crippen LogP contribution in [0.15, 0.2) is 6.20 Å². The second kappa shape index (κ2) is 5.49. The van der Waals surface area contributed by atoms with Crippen LogP contribution in [0, 0.1) is 0 Å². The zero-order valence-electron chi connectivity index (χ0n) is 11.0. The molecule has 2 heterocycles. The number of imidazole rings is 1. The van der Waals surface area contributed by atoms with Crippen LogP contribution in [0.3, 0.4) is 0 Å². The van der Waals surface area contributed by atoms with Gasteiger partial charge in [-0.2, -0.15) is 0 Å². The van der Waals surface area contributed by atoms with Gasteiger partial charge in [-0.25, -0.2) is 9.78 Å². The molecular formula is C12H20N4O2. The van der Waals surface area contributed by atoms with Gasteiger partial charge in [0.25, 0.3) is 0 Å². The van der Waals surface area contributed by atoms with Crippen molar-refractivity contribution in [1.82, 2.24) is 19.4 Å². The standard InChI is InChI=1S/C12H20N4O2/c1-3-16-8-10(12(17)18)13-11(16)9-15-6-4-14(2)5-7-15/h8H,3-7,9H2,1-2H3,(H,17,18). The number of nitrogens with zero attached hydrogens (tertiary/aromatic N) is 4. The first-order valence-electron chi connectivity index (χ1n) is 6.30. The molecule has 1 aromatic heterocycles. The predicted octanol–water partition coefficient (Wildman–Crippen LogP) is 0.349. The van der Waals surface area contributed by atoms with E-state index >= 15 is 0 Å². The third-order valence-corrected chi connectivity index (χ3v) is 3.38. The lowest BCUT2D eigenvalue weighted by molar-refractivity contribution is 0.0690. The second-order valence-corrected chi connectivity index (χ2v) is 4.71. The van der Waals surface area contributed by atoms with E-state index in [4.69, 9.17) is 5.11 Å². The fourth-order valence-corrected chi connectivity index (χ4v) is 2.16. The largest absolute Gasteiger partial charge is 0.476 e. The summed E-state index contributed by atoms with van der Waals surface area (Å²) in [4.78, 5) is 19.7. The van der Waals surface area contributed by atoms with Crippen LogP contribution in [-0.4, -0.2) is 63.7 Å². The lowest BCUT2D eigenvalue weighted by Gasteiger charge is -2.32. The van der Waals surface area contributed by atoms with E-state index in [-0.39, 0.29) is 5.69 Å². The van der Waals surface area contributed by atoms with Crippen LogP contribution in [0.25, 0.3) is 0 Å². The summed E-state index contributed by atoms with van der Waals surface area (Å²) in [6.07, 6.45) is 1.62. The van der Waals surface area contributed by atoms with E-state index in [1.54, 1.807) is 6.20 Å². The maximum atomic E-state index is 10.9. The SMILES string of the molecule is CCn1cc(C(=O)O)nc1CN1CCN(C)CC1. The molecule has 2 rings (SSSR count). The van der Waals surface area contributed by atoms with Crippen molar-refractivity contribution in [1.29, 1.82) is 0 Å². The molecule has 0 spiro atoms. The fraction of sp³-hybridized carbons (Fsp3) is 0.667. The fourth-order valence-electron chi connectivity index (χ4n) is 2.16. The van der Waals surface area contributed by atoms with Gasteiger partial charge in [0.15, 0.2) is 5.69 Å². The molecule has 1 fully saturated rings. The highest BCUT2D eigenvalue weighted by atomic mass is 16.4. The quantitative estimate of drug-likeness (QED) is 0.837. The van der Waals surface area contributed by atoms with E-state index in [0.717, 1.165) is 45.1 Å². The van der Waals surface area contributed by atoms with Crippen molar-refractivity contribution < 1.29 is 9.90 Å². The van der Waals surface area contributed by atoms with Crippen LogP contribution >= 0.6 is 0 Å². The number of hydrogen-bond donors (Lipinski definition) is 1. The number of aryl methyl sites for hydroxylation is 1. The Morgan fingerprint density at radius 2 is 2.06 bits per heavy atom. The molecule has 18 heavy (non-hydrogen) atoms. The monoisotopic (exact) mass is 252 g/mol. The highest BCUT2D eigenvalue weighted by molar-refractivity contribution is 5.85. The zero-order valence-corrected chi connectivity index (χ0v) is 11.0. The molecule has 0 saturated carbocycles. The number of aromatic nitrogens is 2. The summed E-state index contributed by atoms with van der Waals surface area (Å²) >= 11 is 0. The molecule has 1 aliphatic heterocycles. The molecular weight excluding hydrogens is 232 g/mol. The number of carboxylic acid groups (broad SMARTS) is 1. The van der Waals surface area contributed by atoms with Crippen molar-refractivity contribution in [2.45, 2.75) is 20.0 Å². The molecule has 1 N–H and O–H groups in total. The Labute approximate surface area is 107 Å². The molecule has 6 heteroatoms. The molecule has 0 atom stereocenters. The van der Waals surface area contributed by atoms with Crippen molar-refractivity contribution >= 4 is 5.97 Å². The van der Waals surface area contributed by atoms with Crippen molar-refractivity contribution in [3.8, 4) is 0 Å². The number of rotatable bonds is 4. The minimum atomic E-state index is -0.957. The van der Waals surface area contributed by atoms with Gasteiger partial charge in [-0.3, -0.25) is 4.90 Å². The number of carbonyl (C=O) groups is 1. The van der Waals surface area contributed by atoms with Crippen molar-refractivity contribution in [3.05, 3.63) is 17.7 Å². The average Bonchev–Trinajstić information content (AvgIpc) is 2.75. The van der Waals surface area contributed by atoms with Crippen LogP contribution in [0.2, 0.25) is 0 Å². The maximum absolute atomic E-state index is 10.9. The predicted molar refractivity (Wildman–Crippen MR) is 67.6 cm³/mol. The first kappa shape index (κ1) is 13.0. The third-order valence-electron chi connectivity index (χ3n) is 3.38. The van der Waals surface area contributed by atoms with Crippen LogP contribution in [0.4, 0.5) is 0 Å². The van der Waals surface area contributed by atoms with Crippen LogP contribution in [0.1, 0.15) is 23.2 Å². The Bertz CT molecular complexity index is 422. The molecule has 6 nitrogen and oxygen atoms in total. The van der Waals surface area contributed by atoms with Crippen LogP contribution in [-0.2, 0) is 13.1 Å². The van der Waals surface area contributed by atoms with E-state index in [1.165, 1.54) is 0 Å². The first-order valence-corrected chi connectivity index (χ1v) is 6.30. The van der Waals surface area contributed by atoms with Gasteiger partial charge in [-0.15, -0.1) is 0 Å². The third kappa shape index (κ3) is 2.88. The minimum absolute atomic E-state index is 0.140.